The average Bonchev–Trinajstić information content (AvgIpc) is 2.24. The van der Waals surface area contributed by atoms with Crippen molar-refractivity contribution in [2.45, 2.75) is 24.7 Å². The molecule has 0 spiro atoms. The molecule has 1 saturated heterocycles. The fourth-order valence-corrected chi connectivity index (χ4v) is 2.38. The summed E-state index contributed by atoms with van der Waals surface area (Å²) >= 11 is 0. The Morgan fingerprint density at radius 2 is 1.79 bits per heavy atom. The van der Waals surface area contributed by atoms with E-state index in [1.165, 1.54) is 7.11 Å². The van der Waals surface area contributed by atoms with Crippen LogP contribution < -0.4 is 0 Å². The van der Waals surface area contributed by atoms with Crippen LogP contribution in [0.3, 0.4) is 0 Å². The van der Waals surface area contributed by atoms with E-state index in [0.717, 1.165) is 0 Å². The Bertz CT molecular complexity index is 482. The van der Waals surface area contributed by atoms with Gasteiger partial charge in [0.15, 0.2) is 0 Å². The highest BCUT2D eigenvalue weighted by molar-refractivity contribution is 7.81. The molecule has 1 aliphatic rings. The highest BCUT2D eigenvalue weighted by Gasteiger charge is 2.34. The van der Waals surface area contributed by atoms with Gasteiger partial charge in [0, 0.05) is 13.5 Å². The van der Waals surface area contributed by atoms with Crippen LogP contribution in [0.15, 0.2) is 0 Å². The van der Waals surface area contributed by atoms with Gasteiger partial charge in [0.2, 0.25) is 20.8 Å². The Morgan fingerprint density at radius 3 is 2.26 bits per heavy atom. The molecular weight excluding hydrogens is 308 g/mol. The molecule has 1 heterocycles. The third-order valence-corrected chi connectivity index (χ3v) is 3.26. The van der Waals surface area contributed by atoms with E-state index in [1.807, 2.05) is 0 Å². The minimum atomic E-state index is -4.91. The molecule has 114 valence electrons. The van der Waals surface area contributed by atoms with Crippen molar-refractivity contribution in [2.24, 2.45) is 0 Å². The monoisotopic (exact) mass is 320 g/mol. The number of hydrogen-bond donors (Lipinski definition) is 0. The van der Waals surface area contributed by atoms with Gasteiger partial charge in [0.1, 0.15) is 6.10 Å². The molecule has 12 heteroatoms. The standard InChI is InChI=1S/C7H14O10S2/c1-14-6-2-5(3-16-18(8,9)10)15-4-7(6)17-19(11,12)13/h5-7H,2-4H2,1H3,(H,8,9,10)(H,11,12,13)/p-2/t5?,6-,7?/m1/s1. The van der Waals surface area contributed by atoms with Crippen molar-refractivity contribution in [3.05, 3.63) is 0 Å². The highest BCUT2D eigenvalue weighted by atomic mass is 32.3. The largest absolute Gasteiger partial charge is 0.726 e. The Kier molecular flexibility index (Phi) is 5.64. The van der Waals surface area contributed by atoms with Crippen molar-refractivity contribution in [1.82, 2.24) is 0 Å². The maximum Gasteiger partial charge on any atom is 0.218 e. The van der Waals surface area contributed by atoms with Gasteiger partial charge in [-0.1, -0.05) is 0 Å². The molecule has 0 aliphatic carbocycles. The summed E-state index contributed by atoms with van der Waals surface area (Å²) in [6, 6.07) is 0. The van der Waals surface area contributed by atoms with Crippen LogP contribution in [0, 0.1) is 0 Å². The fraction of sp³-hybridized carbons (Fsp3) is 1.00. The van der Waals surface area contributed by atoms with Crippen LogP contribution >= 0.6 is 0 Å². The molecule has 0 saturated carbocycles. The van der Waals surface area contributed by atoms with Crippen LogP contribution in [-0.4, -0.2) is 64.6 Å². The molecule has 1 aliphatic heterocycles. The minimum absolute atomic E-state index is 0.00616. The first-order valence-corrected chi connectivity index (χ1v) is 7.66. The zero-order valence-electron chi connectivity index (χ0n) is 9.75. The van der Waals surface area contributed by atoms with E-state index in [4.69, 9.17) is 9.47 Å². The van der Waals surface area contributed by atoms with E-state index in [0.29, 0.717) is 0 Å². The van der Waals surface area contributed by atoms with Crippen molar-refractivity contribution in [3.8, 4) is 0 Å². The van der Waals surface area contributed by atoms with E-state index in [-0.39, 0.29) is 13.0 Å². The second kappa shape index (κ2) is 6.41. The van der Waals surface area contributed by atoms with Crippen molar-refractivity contribution in [1.29, 1.82) is 0 Å². The summed E-state index contributed by atoms with van der Waals surface area (Å²) in [5.41, 5.74) is 0. The second-order valence-corrected chi connectivity index (χ2v) is 5.76. The van der Waals surface area contributed by atoms with Gasteiger partial charge >= 0.3 is 0 Å². The van der Waals surface area contributed by atoms with Gasteiger partial charge < -0.3 is 18.6 Å². The summed E-state index contributed by atoms with van der Waals surface area (Å²) in [6.07, 6.45) is -2.72. The zero-order chi connectivity index (χ0) is 14.7. The molecule has 1 fully saturated rings. The lowest BCUT2D eigenvalue weighted by Crippen LogP contribution is -2.46. The summed E-state index contributed by atoms with van der Waals surface area (Å²) in [5, 5.41) is 0. The van der Waals surface area contributed by atoms with E-state index in [1.54, 1.807) is 0 Å². The average molecular weight is 320 g/mol. The van der Waals surface area contributed by atoms with Crippen LogP contribution in [-0.2, 0) is 38.6 Å². The lowest BCUT2D eigenvalue weighted by molar-refractivity contribution is -0.132. The molecule has 1 rings (SSSR count). The first-order chi connectivity index (χ1) is 8.61. The van der Waals surface area contributed by atoms with Crippen LogP contribution in [0.1, 0.15) is 6.42 Å². The van der Waals surface area contributed by atoms with Crippen molar-refractivity contribution >= 4 is 20.8 Å². The SMILES string of the molecule is CO[C@@H]1CC(COS(=O)(=O)[O-])OCC1OS(=O)(=O)[O-]. The Labute approximate surface area is 110 Å². The normalized spacial score (nSPS) is 29.3. The zero-order valence-corrected chi connectivity index (χ0v) is 11.4. The van der Waals surface area contributed by atoms with E-state index < -0.39 is 45.7 Å². The van der Waals surface area contributed by atoms with E-state index in [9.17, 15) is 25.9 Å². The van der Waals surface area contributed by atoms with Crippen LogP contribution in [0.25, 0.3) is 0 Å². The summed E-state index contributed by atoms with van der Waals surface area (Å²) in [5.74, 6) is 0. The van der Waals surface area contributed by atoms with Gasteiger partial charge in [-0.15, -0.1) is 0 Å². The smallest absolute Gasteiger partial charge is 0.218 e. The molecule has 2 unspecified atom stereocenters. The van der Waals surface area contributed by atoms with Crippen molar-refractivity contribution in [2.75, 3.05) is 20.3 Å². The number of ether oxygens (including phenoxy) is 2. The second-order valence-electron chi connectivity index (χ2n) is 3.70. The molecule has 0 bridgehead atoms. The Morgan fingerprint density at radius 1 is 1.16 bits per heavy atom. The maximum absolute atomic E-state index is 10.5. The predicted octanol–water partition coefficient (Wildman–Crippen LogP) is -1.89. The summed E-state index contributed by atoms with van der Waals surface area (Å²) in [6.45, 7) is -0.838. The lowest BCUT2D eigenvalue weighted by atomic mass is 10.0. The topological polar surface area (TPSA) is 151 Å². The minimum Gasteiger partial charge on any atom is -0.726 e. The lowest BCUT2D eigenvalue weighted by Gasteiger charge is -2.35. The molecule has 0 aromatic carbocycles. The van der Waals surface area contributed by atoms with Gasteiger partial charge in [0.25, 0.3) is 0 Å². The van der Waals surface area contributed by atoms with Gasteiger partial charge in [-0.3, -0.25) is 8.37 Å². The first kappa shape index (κ1) is 16.7. The summed E-state index contributed by atoms with van der Waals surface area (Å²) < 4.78 is 80.4. The number of rotatable bonds is 6. The molecule has 10 nitrogen and oxygen atoms in total. The highest BCUT2D eigenvalue weighted by Crippen LogP contribution is 2.21. The fourth-order valence-electron chi connectivity index (χ4n) is 1.58. The van der Waals surface area contributed by atoms with Gasteiger partial charge in [-0.25, -0.2) is 16.8 Å². The maximum atomic E-state index is 10.5. The van der Waals surface area contributed by atoms with Crippen LogP contribution in [0.5, 0.6) is 0 Å². The molecule has 0 aromatic heterocycles. The predicted molar refractivity (Wildman–Crippen MR) is 55.4 cm³/mol. The van der Waals surface area contributed by atoms with Crippen molar-refractivity contribution in [3.63, 3.8) is 0 Å². The molecule has 0 radical (unpaired) electrons. The molecule has 0 N–H and O–H groups in total. The molecule has 0 aromatic rings. The third-order valence-electron chi connectivity index (χ3n) is 2.35. The van der Waals surface area contributed by atoms with Crippen molar-refractivity contribution < 1.29 is 43.8 Å². The van der Waals surface area contributed by atoms with E-state index in [2.05, 4.69) is 8.37 Å². The van der Waals surface area contributed by atoms with Gasteiger partial charge in [-0.2, -0.15) is 0 Å². The first-order valence-electron chi connectivity index (χ1n) is 4.99. The Hall–Kier alpha value is -0.340. The molecular formula is C7H12O10S2-2. The van der Waals surface area contributed by atoms with Crippen LogP contribution in [0.4, 0.5) is 0 Å². The quantitative estimate of drug-likeness (QED) is 0.401. The van der Waals surface area contributed by atoms with Gasteiger partial charge in [-0.05, 0) is 0 Å². The molecule has 0 amide bonds. The Balaban J connectivity index is 2.55. The van der Waals surface area contributed by atoms with Gasteiger partial charge in [0.05, 0.1) is 25.4 Å². The number of hydrogen-bond acceptors (Lipinski definition) is 10. The molecule has 19 heavy (non-hydrogen) atoms. The third kappa shape index (κ3) is 6.58. The summed E-state index contributed by atoms with van der Waals surface area (Å²) in [7, 11) is -8.49. The molecule has 3 atom stereocenters. The van der Waals surface area contributed by atoms with Crippen LogP contribution in [0.2, 0.25) is 0 Å². The van der Waals surface area contributed by atoms with E-state index >= 15 is 0 Å². The number of methoxy groups -OCH3 is 1. The summed E-state index contributed by atoms with van der Waals surface area (Å²) in [4.78, 5) is 0.